The Bertz CT molecular complexity index is 93.8. The molecule has 0 saturated carbocycles. The molecule has 1 rings (SSSR count). The Hall–Kier alpha value is 0.797. The monoisotopic (exact) mass is 196 g/mol. The summed E-state index contributed by atoms with van der Waals surface area (Å²) in [6, 6.07) is 2.24. The smallest absolute Gasteiger partial charge is 0.146 e. The Balaban J connectivity index is 2.30. The van der Waals surface area contributed by atoms with Crippen molar-refractivity contribution in [3.8, 4) is 0 Å². The second-order valence-electron chi connectivity index (χ2n) is 3.12. The van der Waals surface area contributed by atoms with Crippen LogP contribution in [0.5, 0.6) is 0 Å². The highest BCUT2D eigenvalue weighted by atomic mass is 35.7. The zero-order valence-corrected chi connectivity index (χ0v) is 8.72. The molecule has 0 spiro atoms. The first-order valence-electron chi connectivity index (χ1n) is 4.09. The standard InChI is InChI=1S/C7H14Cl2Si/c8-10(9)6-4-2-1-3-5-7-10/h1-7H2. The molecule has 10 heavy (non-hydrogen) atoms. The summed E-state index contributed by atoms with van der Waals surface area (Å²) in [5.41, 5.74) is 0. The van der Waals surface area contributed by atoms with Crippen molar-refractivity contribution < 1.29 is 0 Å². The lowest BCUT2D eigenvalue weighted by Gasteiger charge is -2.18. The van der Waals surface area contributed by atoms with Crippen molar-refractivity contribution in [1.29, 1.82) is 0 Å². The van der Waals surface area contributed by atoms with Gasteiger partial charge in [0.1, 0.15) is 0 Å². The lowest BCUT2D eigenvalue weighted by molar-refractivity contribution is 0.637. The predicted octanol–water partition coefficient (Wildman–Crippen LogP) is 3.87. The largest absolute Gasteiger partial charge is 0.251 e. The molecule has 1 aliphatic heterocycles. The summed E-state index contributed by atoms with van der Waals surface area (Å²) < 4.78 is 0. The Morgan fingerprint density at radius 3 is 1.60 bits per heavy atom. The molecule has 0 aliphatic carbocycles. The molecule has 0 amide bonds. The molecule has 0 radical (unpaired) electrons. The molecule has 1 aliphatic rings. The summed E-state index contributed by atoms with van der Waals surface area (Å²) in [6.07, 6.45) is 6.60. The maximum absolute atomic E-state index is 6.15. The summed E-state index contributed by atoms with van der Waals surface area (Å²) in [4.78, 5) is 0. The van der Waals surface area contributed by atoms with Gasteiger partial charge < -0.3 is 0 Å². The first-order chi connectivity index (χ1) is 4.71. The van der Waals surface area contributed by atoms with Gasteiger partial charge in [0.25, 0.3) is 6.69 Å². The van der Waals surface area contributed by atoms with Gasteiger partial charge >= 0.3 is 0 Å². The average Bonchev–Trinajstić information content (AvgIpc) is 1.81. The minimum atomic E-state index is -1.73. The van der Waals surface area contributed by atoms with Crippen LogP contribution in [-0.4, -0.2) is 6.69 Å². The van der Waals surface area contributed by atoms with E-state index in [4.69, 9.17) is 22.2 Å². The van der Waals surface area contributed by atoms with Crippen LogP contribution >= 0.6 is 22.2 Å². The van der Waals surface area contributed by atoms with E-state index < -0.39 is 6.69 Å². The third kappa shape index (κ3) is 3.27. The van der Waals surface area contributed by atoms with Gasteiger partial charge in [-0.25, -0.2) is 0 Å². The van der Waals surface area contributed by atoms with Crippen LogP contribution in [0.15, 0.2) is 0 Å². The summed E-state index contributed by atoms with van der Waals surface area (Å²) in [5, 5.41) is 0. The normalized spacial score (nSPS) is 27.0. The van der Waals surface area contributed by atoms with E-state index in [1.54, 1.807) is 0 Å². The van der Waals surface area contributed by atoms with Crippen LogP contribution in [0.3, 0.4) is 0 Å². The molecule has 1 heterocycles. The van der Waals surface area contributed by atoms with Crippen LogP contribution in [0.4, 0.5) is 0 Å². The molecule has 0 aromatic rings. The molecule has 0 aromatic heterocycles. The van der Waals surface area contributed by atoms with Gasteiger partial charge in [-0.05, 0) is 12.1 Å². The van der Waals surface area contributed by atoms with Gasteiger partial charge in [-0.15, -0.1) is 22.2 Å². The topological polar surface area (TPSA) is 0 Å². The van der Waals surface area contributed by atoms with E-state index in [-0.39, 0.29) is 0 Å². The van der Waals surface area contributed by atoms with Crippen LogP contribution in [0.2, 0.25) is 12.1 Å². The molecule has 1 fully saturated rings. The minimum Gasteiger partial charge on any atom is -0.146 e. The molecule has 0 N–H and O–H groups in total. The third-order valence-corrected chi connectivity index (χ3v) is 6.52. The van der Waals surface area contributed by atoms with E-state index in [0.717, 1.165) is 12.1 Å². The molecule has 0 nitrogen and oxygen atoms in total. The molecular formula is C7H14Cl2Si. The maximum atomic E-state index is 6.15. The Morgan fingerprint density at radius 2 is 1.10 bits per heavy atom. The lowest BCUT2D eigenvalue weighted by atomic mass is 10.2. The van der Waals surface area contributed by atoms with E-state index in [2.05, 4.69) is 0 Å². The SMILES string of the molecule is Cl[Si]1(Cl)CCCCCCC1. The van der Waals surface area contributed by atoms with Crippen LogP contribution < -0.4 is 0 Å². The molecule has 1 saturated heterocycles. The maximum Gasteiger partial charge on any atom is 0.251 e. The molecule has 60 valence electrons. The highest BCUT2D eigenvalue weighted by Crippen LogP contribution is 2.32. The van der Waals surface area contributed by atoms with Crippen molar-refractivity contribution in [2.24, 2.45) is 0 Å². The average molecular weight is 197 g/mol. The number of rotatable bonds is 0. The Labute approximate surface area is 73.3 Å². The van der Waals surface area contributed by atoms with Crippen molar-refractivity contribution >= 4 is 28.9 Å². The zero-order chi connectivity index (χ0) is 7.45. The number of halogens is 2. The second-order valence-corrected chi connectivity index (χ2v) is 10.8. The van der Waals surface area contributed by atoms with Gasteiger partial charge in [-0.2, -0.15) is 0 Å². The van der Waals surface area contributed by atoms with Gasteiger partial charge in [0, 0.05) is 0 Å². The van der Waals surface area contributed by atoms with Gasteiger partial charge in [-0.1, -0.05) is 32.1 Å². The van der Waals surface area contributed by atoms with Crippen LogP contribution in [0, 0.1) is 0 Å². The van der Waals surface area contributed by atoms with E-state index in [1.165, 1.54) is 32.1 Å². The molecule has 0 aromatic carbocycles. The van der Waals surface area contributed by atoms with Gasteiger partial charge in [0.15, 0.2) is 0 Å². The van der Waals surface area contributed by atoms with E-state index >= 15 is 0 Å². The van der Waals surface area contributed by atoms with Gasteiger partial charge in [-0.3, -0.25) is 0 Å². The zero-order valence-electron chi connectivity index (χ0n) is 6.21. The highest BCUT2D eigenvalue weighted by Gasteiger charge is 2.27. The van der Waals surface area contributed by atoms with Crippen molar-refractivity contribution in [2.45, 2.75) is 44.2 Å². The molecule has 0 atom stereocenters. The van der Waals surface area contributed by atoms with Crippen molar-refractivity contribution in [1.82, 2.24) is 0 Å². The molecule has 0 unspecified atom stereocenters. The van der Waals surface area contributed by atoms with Crippen LogP contribution in [0.1, 0.15) is 32.1 Å². The molecule has 3 heteroatoms. The first kappa shape index (κ1) is 8.89. The summed E-state index contributed by atoms with van der Waals surface area (Å²) in [7, 11) is 0. The van der Waals surface area contributed by atoms with Crippen LogP contribution in [0.25, 0.3) is 0 Å². The fourth-order valence-corrected chi connectivity index (χ4v) is 4.81. The highest BCUT2D eigenvalue weighted by molar-refractivity contribution is 7.45. The quantitative estimate of drug-likeness (QED) is 0.408. The van der Waals surface area contributed by atoms with Gasteiger partial charge in [0.05, 0.1) is 0 Å². The van der Waals surface area contributed by atoms with Crippen molar-refractivity contribution in [3.63, 3.8) is 0 Å². The van der Waals surface area contributed by atoms with E-state index in [1.807, 2.05) is 0 Å². The fraction of sp³-hybridized carbons (Fsp3) is 1.00. The number of hydrogen-bond donors (Lipinski definition) is 0. The summed E-state index contributed by atoms with van der Waals surface area (Å²) in [6.45, 7) is -1.73. The third-order valence-electron chi connectivity index (χ3n) is 2.09. The second kappa shape index (κ2) is 3.98. The van der Waals surface area contributed by atoms with E-state index in [9.17, 15) is 0 Å². The minimum absolute atomic E-state index is 1.12. The number of hydrogen-bond acceptors (Lipinski definition) is 0. The molecule has 0 bridgehead atoms. The van der Waals surface area contributed by atoms with Crippen LogP contribution in [-0.2, 0) is 0 Å². The fourth-order valence-electron chi connectivity index (χ4n) is 1.42. The Morgan fingerprint density at radius 1 is 0.700 bits per heavy atom. The van der Waals surface area contributed by atoms with Crippen molar-refractivity contribution in [2.75, 3.05) is 0 Å². The predicted molar refractivity (Wildman–Crippen MR) is 50.2 cm³/mol. The van der Waals surface area contributed by atoms with E-state index in [0.29, 0.717) is 0 Å². The van der Waals surface area contributed by atoms with Crippen molar-refractivity contribution in [3.05, 3.63) is 0 Å². The summed E-state index contributed by atoms with van der Waals surface area (Å²) >= 11 is 12.3. The Kier molecular flexibility index (Phi) is 3.54. The first-order valence-corrected chi connectivity index (χ1v) is 8.52. The van der Waals surface area contributed by atoms with Gasteiger partial charge in [0.2, 0.25) is 0 Å². The summed E-state index contributed by atoms with van der Waals surface area (Å²) in [5.74, 6) is 0. The lowest BCUT2D eigenvalue weighted by Crippen LogP contribution is -2.19. The molecular weight excluding hydrogens is 183 g/mol.